The Kier molecular flexibility index (Phi) is 5.16. The van der Waals surface area contributed by atoms with Crippen LogP contribution in [-0.2, 0) is 13.6 Å². The molecule has 0 saturated carbocycles. The highest BCUT2D eigenvalue weighted by atomic mass is 16.5. The highest BCUT2D eigenvalue weighted by Crippen LogP contribution is 2.20. The molecular formula is C16H21N3O3. The van der Waals surface area contributed by atoms with Gasteiger partial charge in [0.2, 0.25) is 0 Å². The molecule has 0 radical (unpaired) electrons. The van der Waals surface area contributed by atoms with Gasteiger partial charge in [-0.1, -0.05) is 18.2 Å². The third kappa shape index (κ3) is 3.46. The average molecular weight is 303 g/mol. The highest BCUT2D eigenvalue weighted by molar-refractivity contribution is 5.92. The maximum Gasteiger partial charge on any atom is 0.272 e. The smallest absolute Gasteiger partial charge is 0.272 e. The van der Waals surface area contributed by atoms with Crippen molar-refractivity contribution < 1.29 is 14.6 Å². The summed E-state index contributed by atoms with van der Waals surface area (Å²) in [6.45, 7) is 2.36. The van der Waals surface area contributed by atoms with E-state index in [9.17, 15) is 9.90 Å². The monoisotopic (exact) mass is 303 g/mol. The lowest BCUT2D eigenvalue weighted by Gasteiger charge is -2.22. The fourth-order valence-electron chi connectivity index (χ4n) is 2.39. The quantitative estimate of drug-likeness (QED) is 0.875. The van der Waals surface area contributed by atoms with Gasteiger partial charge in [0.15, 0.2) is 0 Å². The van der Waals surface area contributed by atoms with Gasteiger partial charge < -0.3 is 14.7 Å². The summed E-state index contributed by atoms with van der Waals surface area (Å²) in [5.41, 5.74) is 2.18. The first-order chi connectivity index (χ1) is 10.6. The van der Waals surface area contributed by atoms with Crippen molar-refractivity contribution in [3.63, 3.8) is 0 Å². The Bertz CT molecular complexity index is 652. The average Bonchev–Trinajstić information content (AvgIpc) is 2.85. The first kappa shape index (κ1) is 16.0. The molecule has 0 fully saturated rings. The number of carbonyl (C=O) groups excluding carboxylic acids is 1. The van der Waals surface area contributed by atoms with E-state index in [0.29, 0.717) is 12.2 Å². The van der Waals surface area contributed by atoms with Gasteiger partial charge in [-0.2, -0.15) is 5.10 Å². The van der Waals surface area contributed by atoms with Crippen LogP contribution < -0.4 is 4.74 Å². The van der Waals surface area contributed by atoms with Gasteiger partial charge in [-0.25, -0.2) is 0 Å². The number of amides is 1. The number of aryl methyl sites for hydroxylation is 2. The molecule has 1 aromatic heterocycles. The molecule has 0 saturated heterocycles. The Labute approximate surface area is 129 Å². The molecule has 0 aliphatic rings. The molecule has 0 aliphatic heterocycles. The number of ether oxygens (including phenoxy) is 1. The molecule has 118 valence electrons. The lowest BCUT2D eigenvalue weighted by Crippen LogP contribution is -2.34. The summed E-state index contributed by atoms with van der Waals surface area (Å²) in [6, 6.07) is 9.28. The molecule has 1 amide bonds. The molecule has 0 atom stereocenters. The molecule has 6 nitrogen and oxygen atoms in total. The van der Waals surface area contributed by atoms with Gasteiger partial charge in [-0.15, -0.1) is 0 Å². The molecule has 0 unspecified atom stereocenters. The van der Waals surface area contributed by atoms with Crippen LogP contribution >= 0.6 is 0 Å². The number of aromatic nitrogens is 2. The molecule has 2 aromatic rings. The standard InChI is InChI=1S/C16H21N3O3/c1-12-10-14(18(2)17-12)16(21)19(8-9-20)11-13-6-4-5-7-15(13)22-3/h4-7,10,20H,8-9,11H2,1-3H3. The third-order valence-corrected chi connectivity index (χ3v) is 3.43. The molecule has 22 heavy (non-hydrogen) atoms. The van der Waals surface area contributed by atoms with E-state index in [1.54, 1.807) is 29.8 Å². The minimum atomic E-state index is -0.164. The maximum absolute atomic E-state index is 12.7. The van der Waals surface area contributed by atoms with Gasteiger partial charge in [-0.05, 0) is 19.1 Å². The summed E-state index contributed by atoms with van der Waals surface area (Å²) < 4.78 is 6.88. The maximum atomic E-state index is 12.7. The predicted octanol–water partition coefficient (Wildman–Crippen LogP) is 1.37. The van der Waals surface area contributed by atoms with Crippen molar-refractivity contribution >= 4 is 5.91 Å². The van der Waals surface area contributed by atoms with Crippen molar-refractivity contribution in [2.24, 2.45) is 7.05 Å². The van der Waals surface area contributed by atoms with Crippen LogP contribution in [0.3, 0.4) is 0 Å². The number of benzene rings is 1. The SMILES string of the molecule is COc1ccccc1CN(CCO)C(=O)c1cc(C)nn1C. The van der Waals surface area contributed by atoms with Gasteiger partial charge in [0.05, 0.1) is 19.4 Å². The first-order valence-corrected chi connectivity index (χ1v) is 7.09. The minimum absolute atomic E-state index is 0.0995. The van der Waals surface area contributed by atoms with Gasteiger partial charge in [0, 0.05) is 25.7 Å². The number of nitrogens with zero attached hydrogens (tertiary/aromatic N) is 3. The number of aliphatic hydroxyl groups is 1. The Balaban J connectivity index is 2.26. The summed E-state index contributed by atoms with van der Waals surface area (Å²) in [4.78, 5) is 14.3. The van der Waals surface area contributed by atoms with Crippen molar-refractivity contribution in [2.45, 2.75) is 13.5 Å². The zero-order chi connectivity index (χ0) is 16.1. The first-order valence-electron chi connectivity index (χ1n) is 7.09. The fourth-order valence-corrected chi connectivity index (χ4v) is 2.39. The molecule has 0 bridgehead atoms. The zero-order valence-electron chi connectivity index (χ0n) is 13.1. The van der Waals surface area contributed by atoms with Gasteiger partial charge in [0.25, 0.3) is 5.91 Å². The van der Waals surface area contributed by atoms with Crippen LogP contribution in [0.25, 0.3) is 0 Å². The van der Waals surface area contributed by atoms with Crippen molar-refractivity contribution in [3.8, 4) is 5.75 Å². The van der Waals surface area contributed by atoms with Gasteiger partial charge in [0.1, 0.15) is 11.4 Å². The van der Waals surface area contributed by atoms with E-state index in [1.807, 2.05) is 31.2 Å². The Hall–Kier alpha value is -2.34. The largest absolute Gasteiger partial charge is 0.496 e. The van der Waals surface area contributed by atoms with Crippen LogP contribution in [0.4, 0.5) is 0 Å². The normalized spacial score (nSPS) is 10.5. The third-order valence-electron chi connectivity index (χ3n) is 3.43. The van der Waals surface area contributed by atoms with Crippen LogP contribution in [0, 0.1) is 6.92 Å². The van der Waals surface area contributed by atoms with E-state index in [1.165, 1.54) is 0 Å². The van der Waals surface area contributed by atoms with Crippen LogP contribution in [-0.4, -0.2) is 46.0 Å². The van der Waals surface area contributed by atoms with Crippen LogP contribution in [0.2, 0.25) is 0 Å². The molecular weight excluding hydrogens is 282 g/mol. The molecule has 1 aromatic carbocycles. The van der Waals surface area contributed by atoms with Crippen LogP contribution in [0.15, 0.2) is 30.3 Å². The summed E-state index contributed by atoms with van der Waals surface area (Å²) in [7, 11) is 3.34. The van der Waals surface area contributed by atoms with E-state index in [0.717, 1.165) is 17.0 Å². The molecule has 1 N–H and O–H groups in total. The van der Waals surface area contributed by atoms with Crippen LogP contribution in [0.1, 0.15) is 21.7 Å². The second-order valence-corrected chi connectivity index (χ2v) is 5.06. The Morgan fingerprint density at radius 3 is 2.73 bits per heavy atom. The minimum Gasteiger partial charge on any atom is -0.496 e. The van der Waals surface area contributed by atoms with Crippen molar-refractivity contribution in [3.05, 3.63) is 47.3 Å². The molecule has 1 heterocycles. The van der Waals surface area contributed by atoms with Crippen LogP contribution in [0.5, 0.6) is 5.75 Å². The van der Waals surface area contributed by atoms with E-state index in [4.69, 9.17) is 4.74 Å². The summed E-state index contributed by atoms with van der Waals surface area (Å²) in [6.07, 6.45) is 0. The van der Waals surface area contributed by atoms with Gasteiger partial charge in [-0.3, -0.25) is 9.48 Å². The number of para-hydroxylation sites is 1. The summed E-state index contributed by atoms with van der Waals surface area (Å²) >= 11 is 0. The second-order valence-electron chi connectivity index (χ2n) is 5.06. The molecule has 0 aliphatic carbocycles. The lowest BCUT2D eigenvalue weighted by atomic mass is 10.1. The number of methoxy groups -OCH3 is 1. The number of rotatable bonds is 6. The number of hydrogen-bond acceptors (Lipinski definition) is 4. The Morgan fingerprint density at radius 1 is 1.41 bits per heavy atom. The van der Waals surface area contributed by atoms with E-state index in [2.05, 4.69) is 5.10 Å². The zero-order valence-corrected chi connectivity index (χ0v) is 13.1. The predicted molar refractivity (Wildman–Crippen MR) is 82.8 cm³/mol. The second kappa shape index (κ2) is 7.09. The van der Waals surface area contributed by atoms with E-state index < -0.39 is 0 Å². The van der Waals surface area contributed by atoms with E-state index >= 15 is 0 Å². The molecule has 2 rings (SSSR count). The summed E-state index contributed by atoms with van der Waals surface area (Å²) in [5.74, 6) is 0.558. The molecule has 0 spiro atoms. The highest BCUT2D eigenvalue weighted by Gasteiger charge is 2.20. The number of carbonyl (C=O) groups is 1. The number of aliphatic hydroxyl groups excluding tert-OH is 1. The number of hydrogen-bond donors (Lipinski definition) is 1. The van der Waals surface area contributed by atoms with Crippen molar-refractivity contribution in [1.82, 2.24) is 14.7 Å². The Morgan fingerprint density at radius 2 is 2.14 bits per heavy atom. The topological polar surface area (TPSA) is 67.6 Å². The lowest BCUT2D eigenvalue weighted by molar-refractivity contribution is 0.0695. The summed E-state index contributed by atoms with van der Waals surface area (Å²) in [5, 5.41) is 13.5. The fraction of sp³-hybridized carbons (Fsp3) is 0.375. The molecule has 6 heteroatoms. The van der Waals surface area contributed by atoms with E-state index in [-0.39, 0.29) is 19.1 Å². The van der Waals surface area contributed by atoms with Gasteiger partial charge >= 0.3 is 0 Å². The van der Waals surface area contributed by atoms with Crippen molar-refractivity contribution in [1.29, 1.82) is 0 Å². The van der Waals surface area contributed by atoms with Crippen molar-refractivity contribution in [2.75, 3.05) is 20.3 Å².